The second kappa shape index (κ2) is 11.5. The number of hydrogen-bond donors (Lipinski definition) is 1. The zero-order chi connectivity index (χ0) is 21.1. The highest BCUT2D eigenvalue weighted by Crippen LogP contribution is 2.14. The molecule has 0 aliphatic rings. The van der Waals surface area contributed by atoms with E-state index >= 15 is 0 Å². The van der Waals surface area contributed by atoms with Crippen LogP contribution in [0.25, 0.3) is 0 Å². The molecule has 0 fully saturated rings. The van der Waals surface area contributed by atoms with Crippen LogP contribution in [-0.4, -0.2) is 44.1 Å². The summed E-state index contributed by atoms with van der Waals surface area (Å²) in [6.07, 6.45) is 0.174. The minimum atomic E-state index is -1.51. The Kier molecular flexibility index (Phi) is 9.42. The van der Waals surface area contributed by atoms with Crippen LogP contribution in [0.5, 0.6) is 0 Å². The fraction of sp³-hybridized carbons (Fsp3) is 0.400. The minimum Gasteiger partial charge on any atom is -0.468 e. The van der Waals surface area contributed by atoms with E-state index in [0.29, 0.717) is 0 Å². The van der Waals surface area contributed by atoms with Crippen molar-refractivity contribution in [1.82, 2.24) is 5.32 Å². The van der Waals surface area contributed by atoms with Crippen molar-refractivity contribution >= 4 is 23.8 Å². The summed E-state index contributed by atoms with van der Waals surface area (Å²) in [5.41, 5.74) is 1.50. The Morgan fingerprint density at radius 1 is 1.00 bits per heavy atom. The molecule has 1 rings (SSSR count). The number of allylic oxidation sites excluding steroid dienone is 2. The number of alkyl carbamates (subject to hydrolysis) is 1. The molecule has 0 saturated heterocycles. The van der Waals surface area contributed by atoms with Crippen LogP contribution in [0.2, 0.25) is 0 Å². The lowest BCUT2D eigenvalue weighted by molar-refractivity contribution is -0.160. The minimum absolute atomic E-state index is 0.0115. The van der Waals surface area contributed by atoms with Crippen LogP contribution in [-0.2, 0) is 35.2 Å². The number of carbonyl (C=O) groups excluding carboxylic acids is 4. The van der Waals surface area contributed by atoms with Gasteiger partial charge >= 0.3 is 18.0 Å². The molecule has 152 valence electrons. The topological polar surface area (TPSA) is 108 Å². The highest BCUT2D eigenvalue weighted by molar-refractivity contribution is 5.98. The van der Waals surface area contributed by atoms with Gasteiger partial charge < -0.3 is 19.5 Å². The van der Waals surface area contributed by atoms with E-state index in [1.807, 2.05) is 6.07 Å². The van der Waals surface area contributed by atoms with Crippen LogP contribution in [0, 0.1) is 5.92 Å². The molecule has 8 heteroatoms. The first-order chi connectivity index (χ1) is 13.3. The summed E-state index contributed by atoms with van der Waals surface area (Å²) in [6.45, 7) is 3.45. The van der Waals surface area contributed by atoms with Crippen molar-refractivity contribution in [3.05, 3.63) is 47.5 Å². The Bertz CT molecular complexity index is 707. The first-order valence-electron chi connectivity index (χ1n) is 8.59. The Balaban J connectivity index is 2.95. The molecule has 1 unspecified atom stereocenters. The van der Waals surface area contributed by atoms with Gasteiger partial charge in [0, 0.05) is 6.42 Å². The second-order valence-electron chi connectivity index (χ2n) is 6.23. The smallest absolute Gasteiger partial charge is 0.407 e. The number of carbonyl (C=O) groups is 4. The Hall–Kier alpha value is -3.16. The van der Waals surface area contributed by atoms with Crippen LogP contribution in [0.3, 0.4) is 0 Å². The molecule has 0 aromatic heterocycles. The highest BCUT2D eigenvalue weighted by atomic mass is 16.6. The summed E-state index contributed by atoms with van der Waals surface area (Å²) in [5, 5.41) is 2.41. The van der Waals surface area contributed by atoms with Gasteiger partial charge in [-0.2, -0.15) is 0 Å². The molecule has 0 aliphatic carbocycles. The van der Waals surface area contributed by atoms with Crippen molar-refractivity contribution in [1.29, 1.82) is 0 Å². The van der Waals surface area contributed by atoms with Crippen molar-refractivity contribution in [2.45, 2.75) is 32.9 Å². The third-order valence-corrected chi connectivity index (χ3v) is 3.70. The SMILES string of the molecule is COC(=O)C(C(=O)OC)C(CC(=O)C=C(C)C)NC(=O)OCc1ccccc1. The first-order valence-corrected chi connectivity index (χ1v) is 8.59. The molecule has 1 atom stereocenters. The molecule has 0 aliphatic heterocycles. The number of benzene rings is 1. The van der Waals surface area contributed by atoms with Gasteiger partial charge in [-0.3, -0.25) is 14.4 Å². The van der Waals surface area contributed by atoms with Crippen LogP contribution in [0.1, 0.15) is 25.8 Å². The predicted molar refractivity (Wildman–Crippen MR) is 100 cm³/mol. The van der Waals surface area contributed by atoms with Gasteiger partial charge in [0.05, 0.1) is 20.3 Å². The van der Waals surface area contributed by atoms with Crippen molar-refractivity contribution < 1.29 is 33.4 Å². The third-order valence-electron chi connectivity index (χ3n) is 3.70. The molecule has 0 saturated carbocycles. The summed E-state index contributed by atoms with van der Waals surface area (Å²) >= 11 is 0. The molecule has 0 bridgehead atoms. The van der Waals surface area contributed by atoms with Crippen LogP contribution < -0.4 is 5.32 Å². The number of nitrogens with one attached hydrogen (secondary N) is 1. The lowest BCUT2D eigenvalue weighted by Crippen LogP contribution is -2.48. The molecule has 28 heavy (non-hydrogen) atoms. The van der Waals surface area contributed by atoms with E-state index in [4.69, 9.17) is 4.74 Å². The lowest BCUT2D eigenvalue weighted by atomic mass is 9.94. The molecule has 1 N–H and O–H groups in total. The van der Waals surface area contributed by atoms with E-state index in [-0.39, 0.29) is 18.8 Å². The second-order valence-corrected chi connectivity index (χ2v) is 6.23. The first kappa shape index (κ1) is 22.9. The summed E-state index contributed by atoms with van der Waals surface area (Å²) in [4.78, 5) is 48.5. The number of methoxy groups -OCH3 is 2. The van der Waals surface area contributed by atoms with Gasteiger partial charge in [-0.25, -0.2) is 4.79 Å². The molecule has 8 nitrogen and oxygen atoms in total. The summed E-state index contributed by atoms with van der Waals surface area (Å²) in [7, 11) is 2.20. The zero-order valence-electron chi connectivity index (χ0n) is 16.4. The van der Waals surface area contributed by atoms with Crippen LogP contribution >= 0.6 is 0 Å². The van der Waals surface area contributed by atoms with Gasteiger partial charge in [0.2, 0.25) is 0 Å². The molecule has 0 heterocycles. The van der Waals surface area contributed by atoms with Gasteiger partial charge in [-0.05, 0) is 25.5 Å². The largest absolute Gasteiger partial charge is 0.468 e. The average molecular weight is 391 g/mol. The Labute approximate surface area is 163 Å². The lowest BCUT2D eigenvalue weighted by Gasteiger charge is -2.23. The van der Waals surface area contributed by atoms with Crippen molar-refractivity contribution in [3.63, 3.8) is 0 Å². The normalized spacial score (nSPS) is 11.2. The summed E-state index contributed by atoms with van der Waals surface area (Å²) < 4.78 is 14.4. The Morgan fingerprint density at radius 2 is 1.57 bits per heavy atom. The predicted octanol–water partition coefficient (Wildman–Crippen LogP) is 2.17. The molecule has 1 amide bonds. The van der Waals surface area contributed by atoms with E-state index < -0.39 is 30.0 Å². The fourth-order valence-corrected chi connectivity index (χ4v) is 2.44. The van der Waals surface area contributed by atoms with E-state index in [0.717, 1.165) is 25.4 Å². The number of rotatable bonds is 9. The van der Waals surface area contributed by atoms with Crippen molar-refractivity contribution in [2.24, 2.45) is 5.92 Å². The maximum absolute atomic E-state index is 12.2. The van der Waals surface area contributed by atoms with Crippen molar-refractivity contribution in [3.8, 4) is 0 Å². The van der Waals surface area contributed by atoms with Gasteiger partial charge in [0.15, 0.2) is 11.7 Å². The van der Waals surface area contributed by atoms with Crippen LogP contribution in [0.15, 0.2) is 42.0 Å². The van der Waals surface area contributed by atoms with E-state index in [1.54, 1.807) is 38.1 Å². The van der Waals surface area contributed by atoms with Gasteiger partial charge in [0.1, 0.15) is 6.61 Å². The quantitative estimate of drug-likeness (QED) is 0.297. The molecular weight excluding hydrogens is 366 g/mol. The molecule has 1 aromatic carbocycles. The van der Waals surface area contributed by atoms with Gasteiger partial charge in [-0.15, -0.1) is 0 Å². The van der Waals surface area contributed by atoms with Crippen LogP contribution in [0.4, 0.5) is 4.79 Å². The maximum Gasteiger partial charge on any atom is 0.407 e. The number of ether oxygens (including phenoxy) is 3. The number of hydrogen-bond acceptors (Lipinski definition) is 7. The number of ketones is 1. The standard InChI is InChI=1S/C20H25NO7/c1-13(2)10-15(22)11-16(17(18(23)26-3)19(24)27-4)21-20(25)28-12-14-8-6-5-7-9-14/h5-10,16-17H,11-12H2,1-4H3,(H,21,25). The molecule has 0 spiro atoms. The van der Waals surface area contributed by atoms with Gasteiger partial charge in [0.25, 0.3) is 0 Å². The maximum atomic E-state index is 12.2. The Morgan fingerprint density at radius 3 is 2.07 bits per heavy atom. The number of amides is 1. The monoisotopic (exact) mass is 391 g/mol. The summed E-state index contributed by atoms with van der Waals surface area (Å²) in [5.74, 6) is -3.73. The third kappa shape index (κ3) is 7.61. The molecular formula is C20H25NO7. The van der Waals surface area contributed by atoms with E-state index in [9.17, 15) is 19.2 Å². The average Bonchev–Trinajstić information content (AvgIpc) is 2.66. The van der Waals surface area contributed by atoms with E-state index in [2.05, 4.69) is 14.8 Å². The zero-order valence-corrected chi connectivity index (χ0v) is 16.4. The molecule has 0 radical (unpaired) electrons. The van der Waals surface area contributed by atoms with E-state index in [1.165, 1.54) is 6.08 Å². The number of esters is 2. The fourth-order valence-electron chi connectivity index (χ4n) is 2.44. The van der Waals surface area contributed by atoms with Gasteiger partial charge in [-0.1, -0.05) is 35.9 Å². The molecule has 1 aromatic rings. The summed E-state index contributed by atoms with van der Waals surface area (Å²) in [6, 6.07) is 7.77. The highest BCUT2D eigenvalue weighted by Gasteiger charge is 2.39. The van der Waals surface area contributed by atoms with Crippen molar-refractivity contribution in [2.75, 3.05) is 14.2 Å².